The van der Waals surface area contributed by atoms with Gasteiger partial charge >= 0.3 is 5.13 Å². The van der Waals surface area contributed by atoms with Crippen LogP contribution < -0.4 is 20.8 Å². The van der Waals surface area contributed by atoms with Gasteiger partial charge in [0.05, 0.1) is 7.11 Å². The zero-order chi connectivity index (χ0) is 17.5. The summed E-state index contributed by atoms with van der Waals surface area (Å²) in [6.45, 7) is 1.81. The monoisotopic (exact) mass is 354 g/mol. The van der Waals surface area contributed by atoms with Gasteiger partial charge in [-0.25, -0.2) is 4.98 Å². The third kappa shape index (κ3) is 4.81. The quantitative estimate of drug-likeness (QED) is 0.609. The molecule has 130 valence electrons. The van der Waals surface area contributed by atoms with E-state index in [2.05, 4.69) is 52.1 Å². The second-order valence-corrected chi connectivity index (χ2v) is 6.87. The largest absolute Gasteiger partial charge is 0.497 e. The summed E-state index contributed by atoms with van der Waals surface area (Å²) in [4.78, 5) is 3.30. The molecule has 0 aliphatic heterocycles. The average Bonchev–Trinajstić information content (AvgIpc) is 3.09. The second-order valence-electron chi connectivity index (χ2n) is 5.96. The van der Waals surface area contributed by atoms with Gasteiger partial charge in [-0.2, -0.15) is 0 Å². The first-order valence-corrected chi connectivity index (χ1v) is 9.29. The van der Waals surface area contributed by atoms with Crippen molar-refractivity contribution in [1.82, 2.24) is 5.32 Å². The highest BCUT2D eigenvalue weighted by Gasteiger charge is 2.19. The van der Waals surface area contributed by atoms with Crippen LogP contribution in [0.15, 0.2) is 60.0 Å². The molecular formula is C20H24N3OS+. The predicted molar refractivity (Wildman–Crippen MR) is 103 cm³/mol. The summed E-state index contributed by atoms with van der Waals surface area (Å²) in [7, 11) is 1.69. The van der Waals surface area contributed by atoms with Crippen molar-refractivity contribution >= 4 is 16.5 Å². The number of nitrogens with two attached hydrogens (primary N) is 1. The third-order valence-electron chi connectivity index (χ3n) is 4.26. The van der Waals surface area contributed by atoms with Crippen LogP contribution >= 0.6 is 11.3 Å². The van der Waals surface area contributed by atoms with Crippen LogP contribution in [0.2, 0.25) is 0 Å². The molecule has 1 atom stereocenters. The number of aromatic amines is 1. The topological polar surface area (TPSA) is 61.4 Å². The fraction of sp³-hybridized carbons (Fsp3) is 0.250. The lowest BCUT2D eigenvalue weighted by Gasteiger charge is -2.15. The van der Waals surface area contributed by atoms with Crippen molar-refractivity contribution in [3.05, 3.63) is 76.8 Å². The molecule has 0 fully saturated rings. The molecule has 3 rings (SSSR count). The summed E-state index contributed by atoms with van der Waals surface area (Å²) in [5.74, 6) is 1.15. The molecule has 5 heteroatoms. The van der Waals surface area contributed by atoms with E-state index in [1.807, 2.05) is 18.2 Å². The number of anilines is 1. The van der Waals surface area contributed by atoms with Gasteiger partial charge in [0.25, 0.3) is 0 Å². The highest BCUT2D eigenvalue weighted by atomic mass is 32.1. The smallest absolute Gasteiger partial charge is 0.329 e. The molecule has 4 N–H and O–H groups in total. The van der Waals surface area contributed by atoms with Crippen LogP contribution in [0.5, 0.6) is 5.75 Å². The third-order valence-corrected chi connectivity index (χ3v) is 4.98. The molecule has 3 aromatic rings. The summed E-state index contributed by atoms with van der Waals surface area (Å²) in [6, 6.07) is 18.7. The molecule has 0 aliphatic carbocycles. The number of methoxy groups -OCH3 is 1. The highest BCUT2D eigenvalue weighted by molar-refractivity contribution is 7.13. The molecule has 1 aromatic heterocycles. The van der Waals surface area contributed by atoms with E-state index in [1.165, 1.54) is 11.1 Å². The lowest BCUT2D eigenvalue weighted by Crippen LogP contribution is -2.21. The first-order chi connectivity index (χ1) is 12.3. The van der Waals surface area contributed by atoms with Crippen LogP contribution in [-0.4, -0.2) is 13.7 Å². The molecule has 2 aromatic carbocycles. The van der Waals surface area contributed by atoms with Gasteiger partial charge in [0.1, 0.15) is 11.4 Å². The van der Waals surface area contributed by atoms with Crippen molar-refractivity contribution in [3.63, 3.8) is 0 Å². The molecule has 0 spiro atoms. The predicted octanol–water partition coefficient (Wildman–Crippen LogP) is 3.46. The zero-order valence-electron chi connectivity index (χ0n) is 14.4. The van der Waals surface area contributed by atoms with Crippen LogP contribution in [-0.2, 0) is 6.54 Å². The lowest BCUT2D eigenvalue weighted by atomic mass is 9.93. The number of hydrogen-bond acceptors (Lipinski definition) is 4. The number of hydrogen-bond donors (Lipinski definition) is 2. The van der Waals surface area contributed by atoms with Gasteiger partial charge in [0, 0.05) is 17.8 Å². The van der Waals surface area contributed by atoms with E-state index in [-0.39, 0.29) is 5.92 Å². The molecule has 0 saturated heterocycles. The molecule has 0 saturated carbocycles. The first kappa shape index (κ1) is 17.5. The Morgan fingerprint density at radius 2 is 1.88 bits per heavy atom. The van der Waals surface area contributed by atoms with Crippen LogP contribution in [0.3, 0.4) is 0 Å². The molecular weight excluding hydrogens is 330 g/mol. The van der Waals surface area contributed by atoms with E-state index in [0.29, 0.717) is 0 Å². The van der Waals surface area contributed by atoms with Crippen LogP contribution in [0, 0.1) is 0 Å². The maximum absolute atomic E-state index is 5.90. The van der Waals surface area contributed by atoms with E-state index >= 15 is 0 Å². The van der Waals surface area contributed by atoms with Crippen molar-refractivity contribution in [2.45, 2.75) is 18.9 Å². The van der Waals surface area contributed by atoms with Crippen molar-refractivity contribution in [3.8, 4) is 5.75 Å². The maximum Gasteiger partial charge on any atom is 0.329 e. The number of nitrogens with one attached hydrogen (secondary N) is 2. The minimum absolute atomic E-state index is 0.280. The number of benzene rings is 2. The van der Waals surface area contributed by atoms with E-state index < -0.39 is 0 Å². The number of nitrogen functional groups attached to an aromatic ring is 1. The molecule has 1 heterocycles. The fourth-order valence-corrected chi connectivity index (χ4v) is 3.56. The molecule has 1 unspecified atom stereocenters. The Kier molecular flexibility index (Phi) is 6.04. The van der Waals surface area contributed by atoms with Crippen molar-refractivity contribution < 1.29 is 9.72 Å². The molecule has 0 bridgehead atoms. The van der Waals surface area contributed by atoms with Gasteiger partial charge in [0.15, 0.2) is 0 Å². The molecule has 25 heavy (non-hydrogen) atoms. The Hall–Kier alpha value is -2.37. The van der Waals surface area contributed by atoms with Gasteiger partial charge in [-0.15, -0.1) is 0 Å². The number of rotatable bonds is 8. The molecule has 4 nitrogen and oxygen atoms in total. The number of aromatic nitrogens is 1. The second kappa shape index (κ2) is 8.65. The first-order valence-electron chi connectivity index (χ1n) is 8.41. The Morgan fingerprint density at radius 1 is 1.12 bits per heavy atom. The summed E-state index contributed by atoms with van der Waals surface area (Å²) in [5.41, 5.74) is 9.62. The Morgan fingerprint density at radius 3 is 2.52 bits per heavy atom. The van der Waals surface area contributed by atoms with Crippen molar-refractivity contribution in [2.75, 3.05) is 19.4 Å². The summed E-state index contributed by atoms with van der Waals surface area (Å²) in [6.07, 6.45) is 0.992. The van der Waals surface area contributed by atoms with Gasteiger partial charge in [0.2, 0.25) is 0 Å². The summed E-state index contributed by atoms with van der Waals surface area (Å²) < 4.78 is 5.27. The number of ether oxygens (including phenoxy) is 1. The van der Waals surface area contributed by atoms with Gasteiger partial charge in [-0.1, -0.05) is 53.8 Å². The Balaban J connectivity index is 1.66. The average molecular weight is 354 g/mol. The standard InChI is InChI=1S/C20H23N3OS/c1-24-17-9-7-16(8-10-17)18(19-14-25-20(21)23-19)11-12-22-13-15-5-3-2-4-6-15/h2-10,14,18,22H,11-13H2,1H3,(H2,21,23)/p+1. The van der Waals surface area contributed by atoms with E-state index in [9.17, 15) is 0 Å². The summed E-state index contributed by atoms with van der Waals surface area (Å²) >= 11 is 1.55. The Labute approximate surface area is 152 Å². The fourth-order valence-electron chi connectivity index (χ4n) is 2.91. The number of thiazole rings is 1. The van der Waals surface area contributed by atoms with E-state index in [1.54, 1.807) is 18.4 Å². The normalized spacial score (nSPS) is 12.0. The molecule has 0 aliphatic rings. The number of H-pyrrole nitrogens is 1. The van der Waals surface area contributed by atoms with Gasteiger partial charge in [-0.3, -0.25) is 5.73 Å². The van der Waals surface area contributed by atoms with E-state index in [0.717, 1.165) is 36.1 Å². The summed E-state index contributed by atoms with van der Waals surface area (Å²) in [5, 5.41) is 6.39. The van der Waals surface area contributed by atoms with Crippen LogP contribution in [0.4, 0.5) is 5.13 Å². The van der Waals surface area contributed by atoms with Crippen LogP contribution in [0.25, 0.3) is 0 Å². The van der Waals surface area contributed by atoms with Gasteiger partial charge < -0.3 is 10.1 Å². The maximum atomic E-state index is 5.90. The van der Waals surface area contributed by atoms with Gasteiger partial charge in [-0.05, 0) is 36.2 Å². The van der Waals surface area contributed by atoms with Crippen molar-refractivity contribution in [2.24, 2.45) is 0 Å². The Bertz CT molecular complexity index is 771. The highest BCUT2D eigenvalue weighted by Crippen LogP contribution is 2.28. The molecule has 0 radical (unpaired) electrons. The van der Waals surface area contributed by atoms with E-state index in [4.69, 9.17) is 10.5 Å². The zero-order valence-corrected chi connectivity index (χ0v) is 15.2. The minimum atomic E-state index is 0.280. The van der Waals surface area contributed by atoms with Crippen molar-refractivity contribution in [1.29, 1.82) is 0 Å². The van der Waals surface area contributed by atoms with Crippen LogP contribution in [0.1, 0.15) is 29.2 Å². The molecule has 0 amide bonds. The minimum Gasteiger partial charge on any atom is -0.497 e. The SMILES string of the molecule is COc1ccc(C(CCNCc2ccccc2)c2csc(N)[nH+]2)cc1. The lowest BCUT2D eigenvalue weighted by molar-refractivity contribution is -0.368.